The second kappa shape index (κ2) is 8.67. The van der Waals surface area contributed by atoms with Gasteiger partial charge in [-0.25, -0.2) is 9.97 Å². The highest BCUT2D eigenvalue weighted by Crippen LogP contribution is 2.15. The normalized spacial score (nSPS) is 14.2. The van der Waals surface area contributed by atoms with E-state index in [1.54, 1.807) is 25.6 Å². The molecule has 0 aliphatic carbocycles. The first-order chi connectivity index (χ1) is 13.8. The molecule has 7 nitrogen and oxygen atoms in total. The van der Waals surface area contributed by atoms with E-state index in [0.29, 0.717) is 12.5 Å². The predicted molar refractivity (Wildman–Crippen MR) is 109 cm³/mol. The quantitative estimate of drug-likeness (QED) is 0.684. The highest BCUT2D eigenvalue weighted by molar-refractivity contribution is 5.50. The lowest BCUT2D eigenvalue weighted by Crippen LogP contribution is -2.33. The molecule has 2 aromatic heterocycles. The van der Waals surface area contributed by atoms with Crippen LogP contribution in [0.15, 0.2) is 54.9 Å². The number of hydrogen-bond donors (Lipinski definition) is 1. The summed E-state index contributed by atoms with van der Waals surface area (Å²) in [7, 11) is 1.68. The molecule has 0 saturated carbocycles. The Morgan fingerprint density at radius 2 is 1.96 bits per heavy atom. The number of rotatable bonds is 7. The van der Waals surface area contributed by atoms with Gasteiger partial charge >= 0.3 is 0 Å². The molecule has 0 spiro atoms. The third kappa shape index (κ3) is 4.55. The zero-order chi connectivity index (χ0) is 19.2. The van der Waals surface area contributed by atoms with Gasteiger partial charge in [0, 0.05) is 32.0 Å². The minimum atomic E-state index is 0.624. The van der Waals surface area contributed by atoms with E-state index in [4.69, 9.17) is 4.74 Å². The van der Waals surface area contributed by atoms with Crippen molar-refractivity contribution >= 4 is 12.0 Å². The number of methoxy groups -OCH3 is 1. The molecule has 7 heteroatoms. The van der Waals surface area contributed by atoms with Crippen molar-refractivity contribution < 1.29 is 4.74 Å². The smallest absolute Gasteiger partial charge is 0.222 e. The molecule has 28 heavy (non-hydrogen) atoms. The summed E-state index contributed by atoms with van der Waals surface area (Å²) in [6.45, 7) is 4.36. The molecule has 1 aliphatic heterocycles. The van der Waals surface area contributed by atoms with Gasteiger partial charge in [0.2, 0.25) is 5.95 Å². The third-order valence-electron chi connectivity index (χ3n) is 4.71. The molecule has 1 N–H and O–H groups in total. The minimum absolute atomic E-state index is 0.624. The highest BCUT2D eigenvalue weighted by atomic mass is 16.5. The molecule has 0 atom stereocenters. The largest absolute Gasteiger partial charge is 0.497 e. The summed E-state index contributed by atoms with van der Waals surface area (Å²) in [6.07, 6.45) is 7.82. The van der Waals surface area contributed by atoms with Gasteiger partial charge in [0.1, 0.15) is 5.75 Å². The van der Waals surface area contributed by atoms with Crippen molar-refractivity contribution in [1.82, 2.24) is 24.6 Å². The van der Waals surface area contributed by atoms with Gasteiger partial charge in [-0.15, -0.1) is 0 Å². The first-order valence-corrected chi connectivity index (χ1v) is 9.39. The van der Waals surface area contributed by atoms with Crippen LogP contribution in [0.3, 0.4) is 0 Å². The summed E-state index contributed by atoms with van der Waals surface area (Å²) in [5.41, 5.74) is 3.44. The first-order valence-electron chi connectivity index (χ1n) is 9.39. The number of anilines is 1. The summed E-state index contributed by atoms with van der Waals surface area (Å²) in [5, 5.41) is 7.90. The zero-order valence-corrected chi connectivity index (χ0v) is 16.0. The molecular weight excluding hydrogens is 352 g/mol. The van der Waals surface area contributed by atoms with Crippen molar-refractivity contribution in [3.05, 3.63) is 71.8 Å². The van der Waals surface area contributed by atoms with Crippen molar-refractivity contribution in [2.75, 3.05) is 25.5 Å². The number of hydrogen-bond acceptors (Lipinski definition) is 6. The Hall–Kier alpha value is -3.19. The average Bonchev–Trinajstić information content (AvgIpc) is 3.16. The van der Waals surface area contributed by atoms with Crippen LogP contribution in [0.1, 0.15) is 17.0 Å². The SMILES string of the molecule is COc1ccc(/C=C/CN2CCn3nc(CNc4ncccn4)cc3C2)cc1. The Bertz CT molecular complexity index is 920. The second-order valence-electron chi connectivity index (χ2n) is 6.69. The number of ether oxygens (including phenoxy) is 1. The molecule has 1 aliphatic rings. The summed E-state index contributed by atoms with van der Waals surface area (Å²) in [5.74, 6) is 1.50. The van der Waals surface area contributed by atoms with E-state index < -0.39 is 0 Å². The standard InChI is InChI=1S/C21H24N6O/c1-28-20-7-5-17(6-8-20)4-2-11-26-12-13-27-19(16-26)14-18(25-27)15-24-21-22-9-3-10-23-21/h2-10,14H,11-13,15-16H2,1H3,(H,22,23,24)/b4-2+. The Morgan fingerprint density at radius 1 is 1.14 bits per heavy atom. The van der Waals surface area contributed by atoms with E-state index in [1.165, 1.54) is 11.3 Å². The fourth-order valence-corrected chi connectivity index (χ4v) is 3.24. The van der Waals surface area contributed by atoms with Crippen LogP contribution < -0.4 is 10.1 Å². The van der Waals surface area contributed by atoms with E-state index in [2.05, 4.69) is 60.3 Å². The van der Waals surface area contributed by atoms with Crippen LogP contribution in [0.25, 0.3) is 6.08 Å². The van der Waals surface area contributed by atoms with Crippen LogP contribution in [0.4, 0.5) is 5.95 Å². The van der Waals surface area contributed by atoms with Gasteiger partial charge in [-0.2, -0.15) is 5.10 Å². The third-order valence-corrected chi connectivity index (χ3v) is 4.71. The maximum atomic E-state index is 5.19. The molecule has 0 unspecified atom stereocenters. The first kappa shape index (κ1) is 18.2. The van der Waals surface area contributed by atoms with Crippen molar-refractivity contribution in [2.45, 2.75) is 19.6 Å². The predicted octanol–water partition coefficient (Wildman–Crippen LogP) is 2.82. The molecule has 4 rings (SSSR count). The molecule has 0 saturated heterocycles. The molecular formula is C21H24N6O. The number of aromatic nitrogens is 4. The lowest BCUT2D eigenvalue weighted by Gasteiger charge is -2.26. The van der Waals surface area contributed by atoms with Gasteiger partial charge in [-0.1, -0.05) is 24.3 Å². The lowest BCUT2D eigenvalue weighted by atomic mass is 10.2. The minimum Gasteiger partial charge on any atom is -0.497 e. The summed E-state index contributed by atoms with van der Waals surface area (Å²) >= 11 is 0. The van der Waals surface area contributed by atoms with Crippen molar-refractivity contribution in [3.8, 4) is 5.75 Å². The van der Waals surface area contributed by atoms with Crippen molar-refractivity contribution in [2.24, 2.45) is 0 Å². The van der Waals surface area contributed by atoms with Gasteiger partial charge in [-0.05, 0) is 29.8 Å². The zero-order valence-electron chi connectivity index (χ0n) is 16.0. The number of nitrogens with zero attached hydrogens (tertiary/aromatic N) is 5. The summed E-state index contributed by atoms with van der Waals surface area (Å²) < 4.78 is 7.30. The van der Waals surface area contributed by atoms with Gasteiger partial charge in [0.15, 0.2) is 0 Å². The summed E-state index contributed by atoms with van der Waals surface area (Å²) in [4.78, 5) is 10.8. The number of fused-ring (bicyclic) bond motifs is 1. The number of nitrogens with one attached hydrogen (secondary N) is 1. The van der Waals surface area contributed by atoms with Crippen LogP contribution >= 0.6 is 0 Å². The number of benzene rings is 1. The topological polar surface area (TPSA) is 68.1 Å². The molecule has 0 fully saturated rings. The molecule has 0 amide bonds. The van der Waals surface area contributed by atoms with Crippen LogP contribution in [0.2, 0.25) is 0 Å². The van der Waals surface area contributed by atoms with Crippen molar-refractivity contribution in [3.63, 3.8) is 0 Å². The van der Waals surface area contributed by atoms with Crippen LogP contribution in [0, 0.1) is 0 Å². The van der Waals surface area contributed by atoms with E-state index in [-0.39, 0.29) is 0 Å². The Kier molecular flexibility index (Phi) is 5.63. The lowest BCUT2D eigenvalue weighted by molar-refractivity contribution is 0.235. The van der Waals surface area contributed by atoms with Crippen LogP contribution in [-0.4, -0.2) is 44.8 Å². The Morgan fingerprint density at radius 3 is 2.75 bits per heavy atom. The fourth-order valence-electron chi connectivity index (χ4n) is 3.24. The van der Waals surface area contributed by atoms with E-state index in [0.717, 1.165) is 37.6 Å². The molecule has 0 bridgehead atoms. The van der Waals surface area contributed by atoms with E-state index >= 15 is 0 Å². The van der Waals surface area contributed by atoms with Gasteiger partial charge in [0.25, 0.3) is 0 Å². The molecule has 144 valence electrons. The highest BCUT2D eigenvalue weighted by Gasteiger charge is 2.17. The maximum Gasteiger partial charge on any atom is 0.222 e. The van der Waals surface area contributed by atoms with Gasteiger partial charge < -0.3 is 10.1 Å². The van der Waals surface area contributed by atoms with E-state index in [1.807, 2.05) is 12.1 Å². The monoisotopic (exact) mass is 376 g/mol. The van der Waals surface area contributed by atoms with Crippen LogP contribution in [0.5, 0.6) is 5.75 Å². The average molecular weight is 376 g/mol. The van der Waals surface area contributed by atoms with E-state index in [9.17, 15) is 0 Å². The molecule has 3 aromatic rings. The summed E-state index contributed by atoms with van der Waals surface area (Å²) in [6, 6.07) is 12.1. The molecule has 3 heterocycles. The Balaban J connectivity index is 1.30. The molecule has 1 aromatic carbocycles. The maximum absolute atomic E-state index is 5.19. The van der Waals surface area contributed by atoms with Gasteiger partial charge in [0.05, 0.1) is 31.6 Å². The fraction of sp³-hybridized carbons (Fsp3) is 0.286. The Labute approximate surface area is 164 Å². The van der Waals surface area contributed by atoms with Crippen molar-refractivity contribution in [1.29, 1.82) is 0 Å². The second-order valence-corrected chi connectivity index (χ2v) is 6.69. The van der Waals surface area contributed by atoms with Crippen LogP contribution in [-0.2, 0) is 19.6 Å². The molecule has 0 radical (unpaired) electrons. The van der Waals surface area contributed by atoms with Gasteiger partial charge in [-0.3, -0.25) is 9.58 Å².